The fraction of sp³-hybridized carbons (Fsp3) is 0.571. The van der Waals surface area contributed by atoms with Gasteiger partial charge in [0.2, 0.25) is 0 Å². The van der Waals surface area contributed by atoms with Gasteiger partial charge in [-0.25, -0.2) is 0 Å². The van der Waals surface area contributed by atoms with Crippen molar-refractivity contribution in [1.82, 2.24) is 5.32 Å². The number of nitro benzene ring substituents is 1. The Morgan fingerprint density at radius 1 is 1.39 bits per heavy atom. The van der Waals surface area contributed by atoms with E-state index in [4.69, 9.17) is 0 Å². The van der Waals surface area contributed by atoms with Gasteiger partial charge in [0.05, 0.1) is 4.92 Å². The van der Waals surface area contributed by atoms with Gasteiger partial charge in [-0.3, -0.25) is 10.1 Å². The smallest absolute Gasteiger partial charge is 0.272 e. The minimum Gasteiger partial charge on any atom is -0.310 e. The number of hydrogen-bond acceptors (Lipinski definition) is 3. The molecular weight excluding hydrogens is 228 g/mol. The molecule has 1 N–H and O–H groups in total. The molecule has 100 valence electrons. The Morgan fingerprint density at radius 2 is 2.00 bits per heavy atom. The van der Waals surface area contributed by atoms with Crippen molar-refractivity contribution in [3.8, 4) is 0 Å². The minimum absolute atomic E-state index is 0.114. The zero-order valence-electron chi connectivity index (χ0n) is 11.8. The molecule has 0 amide bonds. The van der Waals surface area contributed by atoms with Crippen LogP contribution in [-0.2, 0) is 0 Å². The van der Waals surface area contributed by atoms with Crippen LogP contribution in [0.2, 0.25) is 0 Å². The summed E-state index contributed by atoms with van der Waals surface area (Å²) in [5.74, 6) is 0. The van der Waals surface area contributed by atoms with E-state index in [0.717, 1.165) is 12.1 Å². The van der Waals surface area contributed by atoms with E-state index in [1.54, 1.807) is 13.0 Å². The number of aryl methyl sites for hydroxylation is 1. The summed E-state index contributed by atoms with van der Waals surface area (Å²) >= 11 is 0. The topological polar surface area (TPSA) is 55.2 Å². The lowest BCUT2D eigenvalue weighted by atomic mass is 9.96. The highest BCUT2D eigenvalue weighted by Gasteiger charge is 2.16. The van der Waals surface area contributed by atoms with E-state index < -0.39 is 0 Å². The molecule has 4 heteroatoms. The molecule has 0 aliphatic rings. The summed E-state index contributed by atoms with van der Waals surface area (Å²) in [4.78, 5) is 10.6. The second-order valence-electron chi connectivity index (χ2n) is 5.97. The van der Waals surface area contributed by atoms with Crippen molar-refractivity contribution in [2.75, 3.05) is 6.54 Å². The van der Waals surface area contributed by atoms with Crippen LogP contribution in [0.15, 0.2) is 18.2 Å². The quantitative estimate of drug-likeness (QED) is 0.656. The average Bonchev–Trinajstić information content (AvgIpc) is 2.25. The lowest BCUT2D eigenvalue weighted by Gasteiger charge is -2.23. The Kier molecular flexibility index (Phi) is 4.46. The van der Waals surface area contributed by atoms with Crippen LogP contribution in [0.4, 0.5) is 5.69 Å². The second kappa shape index (κ2) is 5.48. The van der Waals surface area contributed by atoms with Gasteiger partial charge in [-0.2, -0.15) is 0 Å². The van der Waals surface area contributed by atoms with Crippen LogP contribution < -0.4 is 5.32 Å². The van der Waals surface area contributed by atoms with Gasteiger partial charge in [-0.15, -0.1) is 0 Å². The maximum atomic E-state index is 10.9. The first-order chi connectivity index (χ1) is 8.20. The van der Waals surface area contributed by atoms with Crippen LogP contribution in [0.1, 0.15) is 44.9 Å². The van der Waals surface area contributed by atoms with Crippen LogP contribution in [0.3, 0.4) is 0 Å². The van der Waals surface area contributed by atoms with Crippen LogP contribution in [0.25, 0.3) is 0 Å². The Bertz CT molecular complexity index is 436. The van der Waals surface area contributed by atoms with Gasteiger partial charge >= 0.3 is 0 Å². The van der Waals surface area contributed by atoms with Crippen LogP contribution in [0.5, 0.6) is 0 Å². The van der Waals surface area contributed by atoms with Gasteiger partial charge in [0.1, 0.15) is 0 Å². The lowest BCUT2D eigenvalue weighted by Crippen LogP contribution is -2.29. The molecule has 0 aliphatic heterocycles. The van der Waals surface area contributed by atoms with Gasteiger partial charge in [-0.1, -0.05) is 32.9 Å². The molecule has 0 heterocycles. The van der Waals surface area contributed by atoms with E-state index in [2.05, 4.69) is 26.1 Å². The second-order valence-corrected chi connectivity index (χ2v) is 5.97. The van der Waals surface area contributed by atoms with Gasteiger partial charge < -0.3 is 5.32 Å². The van der Waals surface area contributed by atoms with Crippen molar-refractivity contribution < 1.29 is 4.92 Å². The number of benzene rings is 1. The SMILES string of the molecule is Cc1ccc(C(C)NCC(C)(C)C)cc1[N+](=O)[O-]. The first kappa shape index (κ1) is 14.6. The fourth-order valence-electron chi connectivity index (χ4n) is 1.67. The maximum Gasteiger partial charge on any atom is 0.272 e. The molecular formula is C14H22N2O2. The largest absolute Gasteiger partial charge is 0.310 e. The summed E-state index contributed by atoms with van der Waals surface area (Å²) in [6, 6.07) is 5.53. The molecule has 0 aliphatic carbocycles. The third-order valence-electron chi connectivity index (χ3n) is 2.87. The minimum atomic E-state index is -0.324. The monoisotopic (exact) mass is 250 g/mol. The standard InChI is InChI=1S/C14H22N2O2/c1-10-6-7-12(8-13(10)16(17)18)11(2)15-9-14(3,4)5/h6-8,11,15H,9H2,1-5H3. The molecule has 18 heavy (non-hydrogen) atoms. The predicted molar refractivity (Wildman–Crippen MR) is 73.7 cm³/mol. The number of nitrogens with one attached hydrogen (secondary N) is 1. The van der Waals surface area contributed by atoms with Gasteiger partial charge in [0.25, 0.3) is 5.69 Å². The first-order valence-corrected chi connectivity index (χ1v) is 6.19. The summed E-state index contributed by atoms with van der Waals surface area (Å²) in [5, 5.41) is 14.3. The fourth-order valence-corrected chi connectivity index (χ4v) is 1.67. The molecule has 0 spiro atoms. The first-order valence-electron chi connectivity index (χ1n) is 6.19. The van der Waals surface area contributed by atoms with Crippen LogP contribution in [0, 0.1) is 22.5 Å². The molecule has 0 saturated carbocycles. The number of nitro groups is 1. The summed E-state index contributed by atoms with van der Waals surface area (Å²) in [6.07, 6.45) is 0. The predicted octanol–water partition coefficient (Wildman–Crippen LogP) is 3.60. The molecule has 0 fully saturated rings. The van der Waals surface area contributed by atoms with E-state index in [0.29, 0.717) is 5.56 Å². The third kappa shape index (κ3) is 4.11. The highest BCUT2D eigenvalue weighted by Crippen LogP contribution is 2.23. The van der Waals surface area contributed by atoms with E-state index in [-0.39, 0.29) is 22.1 Å². The molecule has 1 aromatic rings. The maximum absolute atomic E-state index is 10.9. The van der Waals surface area contributed by atoms with E-state index in [1.165, 1.54) is 0 Å². The molecule has 0 bridgehead atoms. The number of nitrogens with zero attached hydrogens (tertiary/aromatic N) is 1. The summed E-state index contributed by atoms with van der Waals surface area (Å²) in [6.45, 7) is 11.1. The van der Waals surface area contributed by atoms with E-state index >= 15 is 0 Å². The Balaban J connectivity index is 2.83. The van der Waals surface area contributed by atoms with Crippen molar-refractivity contribution in [3.05, 3.63) is 39.4 Å². The molecule has 0 aromatic heterocycles. The summed E-state index contributed by atoms with van der Waals surface area (Å²) in [5.41, 5.74) is 2.05. The van der Waals surface area contributed by atoms with Crippen LogP contribution in [-0.4, -0.2) is 11.5 Å². The highest BCUT2D eigenvalue weighted by molar-refractivity contribution is 5.43. The van der Waals surface area contributed by atoms with Crippen molar-refractivity contribution in [3.63, 3.8) is 0 Å². The zero-order chi connectivity index (χ0) is 13.9. The van der Waals surface area contributed by atoms with Gasteiger partial charge in [0, 0.05) is 24.2 Å². The number of rotatable bonds is 4. The molecule has 4 nitrogen and oxygen atoms in total. The molecule has 1 unspecified atom stereocenters. The Hall–Kier alpha value is -1.42. The molecule has 1 atom stereocenters. The van der Waals surface area contributed by atoms with Gasteiger partial charge in [0.15, 0.2) is 0 Å². The normalized spacial score (nSPS) is 13.4. The summed E-state index contributed by atoms with van der Waals surface area (Å²) in [7, 11) is 0. The van der Waals surface area contributed by atoms with Crippen molar-refractivity contribution in [1.29, 1.82) is 0 Å². The van der Waals surface area contributed by atoms with Crippen molar-refractivity contribution in [2.24, 2.45) is 5.41 Å². The van der Waals surface area contributed by atoms with Gasteiger partial charge in [-0.05, 0) is 24.8 Å². The Morgan fingerprint density at radius 3 is 2.50 bits per heavy atom. The van der Waals surface area contributed by atoms with E-state index in [1.807, 2.05) is 19.1 Å². The molecule has 1 rings (SSSR count). The van der Waals surface area contributed by atoms with Crippen LogP contribution >= 0.6 is 0 Å². The highest BCUT2D eigenvalue weighted by atomic mass is 16.6. The van der Waals surface area contributed by atoms with Crippen molar-refractivity contribution in [2.45, 2.75) is 40.7 Å². The summed E-state index contributed by atoms with van der Waals surface area (Å²) < 4.78 is 0. The van der Waals surface area contributed by atoms with Crippen molar-refractivity contribution >= 4 is 5.69 Å². The third-order valence-corrected chi connectivity index (χ3v) is 2.87. The lowest BCUT2D eigenvalue weighted by molar-refractivity contribution is -0.385. The van der Waals surface area contributed by atoms with E-state index in [9.17, 15) is 10.1 Å². The molecule has 0 saturated heterocycles. The molecule has 0 radical (unpaired) electrons. The average molecular weight is 250 g/mol. The Labute approximate surface area is 109 Å². The zero-order valence-corrected chi connectivity index (χ0v) is 11.8. The number of hydrogen-bond donors (Lipinski definition) is 1. The molecule has 1 aromatic carbocycles.